The topological polar surface area (TPSA) is 60.9 Å². The number of nitrogens with zero attached hydrogens (tertiary/aromatic N) is 2. The van der Waals surface area contributed by atoms with E-state index in [9.17, 15) is 9.59 Å². The lowest BCUT2D eigenvalue weighted by molar-refractivity contribution is 0.0612. The van der Waals surface area contributed by atoms with E-state index in [0.717, 1.165) is 13.1 Å². The number of piperazine rings is 1. The van der Waals surface area contributed by atoms with E-state index in [1.165, 1.54) is 0 Å². The average molecular weight is 338 g/mol. The number of hydrogen-bond donors (Lipinski definition) is 1. The molecule has 1 amide bonds. The third-order valence-corrected chi connectivity index (χ3v) is 4.51. The minimum absolute atomic E-state index is 0.108. The second-order valence-corrected chi connectivity index (χ2v) is 6.10. The van der Waals surface area contributed by atoms with Gasteiger partial charge in [-0.15, -0.1) is 0 Å². The van der Waals surface area contributed by atoms with Crippen LogP contribution in [0.5, 0.6) is 0 Å². The summed E-state index contributed by atoms with van der Waals surface area (Å²) < 4.78 is 0. The van der Waals surface area contributed by atoms with Crippen LogP contribution in [0.2, 0.25) is 0 Å². The van der Waals surface area contributed by atoms with E-state index in [4.69, 9.17) is 5.11 Å². The maximum Gasteiger partial charge on any atom is 0.254 e. The maximum atomic E-state index is 12.9. The Kier molecular flexibility index (Phi) is 5.58. The summed E-state index contributed by atoms with van der Waals surface area (Å²) in [6.45, 7) is 3.44. The summed E-state index contributed by atoms with van der Waals surface area (Å²) in [7, 11) is 0. The Morgan fingerprint density at radius 3 is 2.08 bits per heavy atom. The van der Waals surface area contributed by atoms with E-state index < -0.39 is 0 Å². The summed E-state index contributed by atoms with van der Waals surface area (Å²) in [5, 5.41) is 9.02. The number of carbonyl (C=O) groups excluding carboxylic acids is 2. The number of hydrogen-bond acceptors (Lipinski definition) is 4. The van der Waals surface area contributed by atoms with Gasteiger partial charge in [0.1, 0.15) is 0 Å². The molecule has 1 N–H and O–H groups in total. The second kappa shape index (κ2) is 8.05. The molecule has 1 fully saturated rings. The van der Waals surface area contributed by atoms with Crippen LogP contribution in [0.1, 0.15) is 26.3 Å². The van der Waals surface area contributed by atoms with Gasteiger partial charge >= 0.3 is 0 Å². The van der Waals surface area contributed by atoms with Crippen LogP contribution in [0.3, 0.4) is 0 Å². The molecule has 0 aromatic heterocycles. The van der Waals surface area contributed by atoms with Gasteiger partial charge in [-0.3, -0.25) is 14.5 Å². The Hall–Kier alpha value is -2.50. The summed E-state index contributed by atoms with van der Waals surface area (Å²) in [5.74, 6) is -0.244. The van der Waals surface area contributed by atoms with Crippen LogP contribution in [0.4, 0.5) is 0 Å². The molecule has 1 heterocycles. The van der Waals surface area contributed by atoms with Crippen molar-refractivity contribution in [2.75, 3.05) is 39.3 Å². The highest BCUT2D eigenvalue weighted by Crippen LogP contribution is 2.17. The predicted molar refractivity (Wildman–Crippen MR) is 95.7 cm³/mol. The summed E-state index contributed by atoms with van der Waals surface area (Å²) in [6.07, 6.45) is 0. The van der Waals surface area contributed by atoms with Gasteiger partial charge in [-0.25, -0.2) is 0 Å². The van der Waals surface area contributed by atoms with Crippen molar-refractivity contribution in [1.82, 2.24) is 9.80 Å². The van der Waals surface area contributed by atoms with Gasteiger partial charge in [0.25, 0.3) is 5.91 Å². The highest BCUT2D eigenvalue weighted by Gasteiger charge is 2.25. The van der Waals surface area contributed by atoms with Gasteiger partial charge in [0.2, 0.25) is 0 Å². The van der Waals surface area contributed by atoms with Crippen molar-refractivity contribution < 1.29 is 14.7 Å². The molecule has 0 radical (unpaired) electrons. The lowest BCUT2D eigenvalue weighted by atomic mass is 9.97. The molecule has 2 aromatic rings. The Morgan fingerprint density at radius 1 is 0.840 bits per heavy atom. The first-order valence-electron chi connectivity index (χ1n) is 8.52. The third-order valence-electron chi connectivity index (χ3n) is 4.51. The van der Waals surface area contributed by atoms with Crippen molar-refractivity contribution >= 4 is 11.7 Å². The molecule has 3 rings (SSSR count). The predicted octanol–water partition coefficient (Wildman–Crippen LogP) is 1.67. The van der Waals surface area contributed by atoms with Crippen molar-refractivity contribution in [3.8, 4) is 0 Å². The highest BCUT2D eigenvalue weighted by molar-refractivity contribution is 6.15. The largest absolute Gasteiger partial charge is 0.395 e. The number of β-amino-alcohol motifs (C(OH)–C–C–N with tert-alkyl or cyclic N) is 1. The van der Waals surface area contributed by atoms with Crippen LogP contribution in [0.25, 0.3) is 0 Å². The molecule has 0 aliphatic carbocycles. The van der Waals surface area contributed by atoms with Gasteiger partial charge in [0, 0.05) is 43.9 Å². The van der Waals surface area contributed by atoms with E-state index in [2.05, 4.69) is 4.90 Å². The number of aliphatic hydroxyl groups excluding tert-OH is 1. The molecule has 0 spiro atoms. The van der Waals surface area contributed by atoms with Crippen LogP contribution in [-0.4, -0.2) is 65.9 Å². The molecule has 0 unspecified atom stereocenters. The number of amides is 1. The smallest absolute Gasteiger partial charge is 0.254 e. The molecule has 2 aromatic carbocycles. The number of ketones is 1. The van der Waals surface area contributed by atoms with Crippen molar-refractivity contribution in [2.24, 2.45) is 0 Å². The maximum absolute atomic E-state index is 12.9. The van der Waals surface area contributed by atoms with Gasteiger partial charge in [0.05, 0.1) is 12.2 Å². The van der Waals surface area contributed by atoms with Crippen LogP contribution in [-0.2, 0) is 0 Å². The van der Waals surface area contributed by atoms with E-state index >= 15 is 0 Å². The van der Waals surface area contributed by atoms with Gasteiger partial charge < -0.3 is 10.0 Å². The fourth-order valence-corrected chi connectivity index (χ4v) is 3.10. The first kappa shape index (κ1) is 17.3. The molecule has 0 bridgehead atoms. The molecule has 130 valence electrons. The lowest BCUT2D eigenvalue weighted by Gasteiger charge is -2.34. The zero-order valence-electron chi connectivity index (χ0n) is 14.1. The zero-order chi connectivity index (χ0) is 17.6. The lowest BCUT2D eigenvalue weighted by Crippen LogP contribution is -2.49. The van der Waals surface area contributed by atoms with Crippen molar-refractivity contribution in [1.29, 1.82) is 0 Å². The van der Waals surface area contributed by atoms with Crippen molar-refractivity contribution in [3.63, 3.8) is 0 Å². The van der Waals surface area contributed by atoms with Crippen molar-refractivity contribution in [3.05, 3.63) is 71.3 Å². The summed E-state index contributed by atoms with van der Waals surface area (Å²) in [5.41, 5.74) is 1.47. The molecule has 0 saturated carbocycles. The molecule has 25 heavy (non-hydrogen) atoms. The second-order valence-electron chi connectivity index (χ2n) is 6.10. The summed E-state index contributed by atoms with van der Waals surface area (Å²) in [6, 6.07) is 16.0. The fraction of sp³-hybridized carbons (Fsp3) is 0.300. The summed E-state index contributed by atoms with van der Waals surface area (Å²) >= 11 is 0. The van der Waals surface area contributed by atoms with E-state index in [1.807, 2.05) is 18.2 Å². The minimum atomic E-state index is -0.136. The normalized spacial score (nSPS) is 15.2. The first-order valence-corrected chi connectivity index (χ1v) is 8.52. The molecule has 1 saturated heterocycles. The zero-order valence-corrected chi connectivity index (χ0v) is 14.1. The molecular weight excluding hydrogens is 316 g/mol. The van der Waals surface area contributed by atoms with E-state index in [0.29, 0.717) is 36.3 Å². The molecule has 5 nitrogen and oxygen atoms in total. The summed E-state index contributed by atoms with van der Waals surface area (Å²) in [4.78, 5) is 29.6. The molecule has 0 atom stereocenters. The van der Waals surface area contributed by atoms with Crippen LogP contribution in [0.15, 0.2) is 54.6 Å². The Morgan fingerprint density at radius 2 is 1.44 bits per heavy atom. The first-order chi connectivity index (χ1) is 12.2. The Labute approximate surface area is 147 Å². The van der Waals surface area contributed by atoms with Gasteiger partial charge in [-0.2, -0.15) is 0 Å². The van der Waals surface area contributed by atoms with E-state index in [1.54, 1.807) is 41.3 Å². The average Bonchev–Trinajstić information content (AvgIpc) is 2.68. The van der Waals surface area contributed by atoms with Gasteiger partial charge in [0.15, 0.2) is 5.78 Å². The van der Waals surface area contributed by atoms with Gasteiger partial charge in [-0.05, 0) is 6.07 Å². The van der Waals surface area contributed by atoms with E-state index in [-0.39, 0.29) is 18.3 Å². The van der Waals surface area contributed by atoms with Crippen LogP contribution in [0, 0.1) is 0 Å². The van der Waals surface area contributed by atoms with Crippen LogP contribution < -0.4 is 0 Å². The SMILES string of the molecule is O=C(c1ccccc1)c1ccccc1C(=O)N1CCN(CCO)CC1. The number of benzene rings is 2. The quantitative estimate of drug-likeness (QED) is 0.843. The molecular formula is C20H22N2O3. The molecule has 1 aliphatic heterocycles. The Balaban J connectivity index is 1.79. The van der Waals surface area contributed by atoms with Crippen molar-refractivity contribution in [2.45, 2.75) is 0 Å². The Bertz CT molecular complexity index is 738. The molecule has 1 aliphatic rings. The minimum Gasteiger partial charge on any atom is -0.395 e. The highest BCUT2D eigenvalue weighted by atomic mass is 16.3. The van der Waals surface area contributed by atoms with Crippen LogP contribution >= 0.6 is 0 Å². The number of aliphatic hydroxyl groups is 1. The number of carbonyl (C=O) groups is 2. The monoisotopic (exact) mass is 338 g/mol. The number of rotatable bonds is 5. The molecule has 5 heteroatoms. The third kappa shape index (κ3) is 3.95. The van der Waals surface area contributed by atoms with Gasteiger partial charge in [-0.1, -0.05) is 48.5 Å². The standard InChI is InChI=1S/C20H22N2O3/c23-15-14-21-10-12-22(13-11-21)20(25)18-9-5-4-8-17(18)19(24)16-6-2-1-3-7-16/h1-9,23H,10-15H2. The fourth-order valence-electron chi connectivity index (χ4n) is 3.10.